The standard InChI is InChI=1S/C20H19ClF3N3O2S/c1-18(2)20(23,24)19(3,27-16(30)10-29-18)13-8-12(5-6-14(13)22)26-17(28)15-7-4-11(21)9-25-15/h4-9H,10H2,1-3H3,(H,26,28)(H,27,30). The van der Waals surface area contributed by atoms with E-state index < -0.39 is 28.8 Å². The molecule has 2 N–H and O–H groups in total. The van der Waals surface area contributed by atoms with Crippen LogP contribution in [0.5, 0.6) is 0 Å². The summed E-state index contributed by atoms with van der Waals surface area (Å²) >= 11 is 10.8. The number of nitrogens with one attached hydrogen (secondary N) is 2. The molecule has 10 heteroatoms. The lowest BCUT2D eigenvalue weighted by molar-refractivity contribution is -0.216. The zero-order valence-electron chi connectivity index (χ0n) is 16.4. The van der Waals surface area contributed by atoms with Gasteiger partial charge in [0.1, 0.15) is 27.6 Å². The van der Waals surface area contributed by atoms with Crippen molar-refractivity contribution < 1.29 is 22.7 Å². The van der Waals surface area contributed by atoms with E-state index in [0.29, 0.717) is 5.02 Å². The second-order valence-electron chi connectivity index (χ2n) is 7.56. The monoisotopic (exact) mass is 457 g/mol. The van der Waals surface area contributed by atoms with E-state index in [1.54, 1.807) is 0 Å². The van der Waals surface area contributed by atoms with E-state index >= 15 is 8.78 Å². The first-order valence-corrected chi connectivity index (χ1v) is 9.72. The molecule has 1 aliphatic rings. The molecule has 1 atom stereocenters. The predicted molar refractivity (Wildman–Crippen MR) is 112 cm³/mol. The van der Waals surface area contributed by atoms with Crippen LogP contribution in [0.25, 0.3) is 0 Å². The number of alkyl halides is 2. The van der Waals surface area contributed by atoms with Crippen molar-refractivity contribution in [2.45, 2.75) is 37.8 Å². The summed E-state index contributed by atoms with van der Waals surface area (Å²) in [7, 11) is 0. The number of thiocarbonyl (C=S) groups is 1. The number of benzene rings is 1. The lowest BCUT2D eigenvalue weighted by atomic mass is 9.77. The van der Waals surface area contributed by atoms with Gasteiger partial charge in [-0.2, -0.15) is 0 Å². The highest BCUT2D eigenvalue weighted by Gasteiger charge is 2.64. The van der Waals surface area contributed by atoms with Crippen LogP contribution in [0.3, 0.4) is 0 Å². The first-order valence-electron chi connectivity index (χ1n) is 8.93. The Hall–Kier alpha value is -2.23. The van der Waals surface area contributed by atoms with Crippen LogP contribution in [-0.2, 0) is 10.3 Å². The summed E-state index contributed by atoms with van der Waals surface area (Å²) in [5.74, 6) is -5.05. The Morgan fingerprint density at radius 2 is 1.97 bits per heavy atom. The Kier molecular flexibility index (Phi) is 5.83. The highest BCUT2D eigenvalue weighted by molar-refractivity contribution is 7.80. The number of amides is 1. The molecule has 30 heavy (non-hydrogen) atoms. The number of hydrogen-bond acceptors (Lipinski definition) is 4. The number of nitrogens with zero attached hydrogens (tertiary/aromatic N) is 1. The fourth-order valence-electron chi connectivity index (χ4n) is 3.26. The number of ether oxygens (including phenoxy) is 1. The van der Waals surface area contributed by atoms with Crippen molar-refractivity contribution >= 4 is 40.4 Å². The molecular formula is C20H19ClF3N3O2S. The molecular weight excluding hydrogens is 439 g/mol. The molecule has 160 valence electrons. The maximum atomic E-state index is 15.5. The minimum atomic E-state index is -3.57. The van der Waals surface area contributed by atoms with Gasteiger partial charge in [-0.3, -0.25) is 4.79 Å². The lowest BCUT2D eigenvalue weighted by Gasteiger charge is -2.44. The van der Waals surface area contributed by atoms with Crippen LogP contribution in [0, 0.1) is 5.82 Å². The van der Waals surface area contributed by atoms with Crippen molar-refractivity contribution in [3.05, 3.63) is 58.6 Å². The van der Waals surface area contributed by atoms with Gasteiger partial charge in [-0.15, -0.1) is 0 Å². The van der Waals surface area contributed by atoms with Gasteiger partial charge in [-0.25, -0.2) is 18.2 Å². The average Bonchev–Trinajstić information content (AvgIpc) is 2.73. The normalized spacial score (nSPS) is 22.7. The molecule has 1 aromatic heterocycles. The second kappa shape index (κ2) is 7.79. The van der Waals surface area contributed by atoms with E-state index in [9.17, 15) is 9.18 Å². The van der Waals surface area contributed by atoms with Gasteiger partial charge in [0.2, 0.25) is 0 Å². The summed E-state index contributed by atoms with van der Waals surface area (Å²) in [4.78, 5) is 16.3. The summed E-state index contributed by atoms with van der Waals surface area (Å²) in [5, 5.41) is 5.43. The minimum absolute atomic E-state index is 0.0157. The molecule has 5 nitrogen and oxygen atoms in total. The molecule has 1 aliphatic heterocycles. The molecule has 1 saturated heterocycles. The van der Waals surface area contributed by atoms with Crippen LogP contribution >= 0.6 is 23.8 Å². The quantitative estimate of drug-likeness (QED) is 0.654. The SMILES string of the molecule is CC1(C)OCC(=S)NC(C)(c2cc(NC(=O)c3ccc(Cl)cn3)ccc2F)C1(F)F. The maximum absolute atomic E-state index is 15.5. The molecule has 0 radical (unpaired) electrons. The summed E-state index contributed by atoms with van der Waals surface area (Å²) in [6, 6.07) is 6.31. The Bertz CT molecular complexity index is 1000. The highest BCUT2D eigenvalue weighted by Crippen LogP contribution is 2.48. The Labute approximate surface area is 182 Å². The molecule has 1 unspecified atom stereocenters. The number of halogens is 4. The number of carbonyl (C=O) groups is 1. The summed E-state index contributed by atoms with van der Waals surface area (Å²) < 4.78 is 51.0. The van der Waals surface area contributed by atoms with Gasteiger partial charge in [0.05, 0.1) is 11.6 Å². The van der Waals surface area contributed by atoms with E-state index in [4.69, 9.17) is 28.6 Å². The van der Waals surface area contributed by atoms with Gasteiger partial charge < -0.3 is 15.4 Å². The minimum Gasteiger partial charge on any atom is -0.363 e. The van der Waals surface area contributed by atoms with E-state index in [1.165, 1.54) is 38.2 Å². The molecule has 1 amide bonds. The molecule has 1 aromatic carbocycles. The summed E-state index contributed by atoms with van der Waals surface area (Å²) in [6.45, 7) is 3.36. The Balaban J connectivity index is 2.02. The van der Waals surface area contributed by atoms with Crippen LogP contribution in [0.4, 0.5) is 18.9 Å². The molecule has 2 heterocycles. The lowest BCUT2D eigenvalue weighted by Crippen LogP contribution is -2.62. The van der Waals surface area contributed by atoms with E-state index in [2.05, 4.69) is 15.6 Å². The molecule has 0 bridgehead atoms. The highest BCUT2D eigenvalue weighted by atomic mass is 35.5. The van der Waals surface area contributed by atoms with Gasteiger partial charge >= 0.3 is 5.92 Å². The topological polar surface area (TPSA) is 63.2 Å². The van der Waals surface area contributed by atoms with Crippen molar-refractivity contribution in [1.82, 2.24) is 10.3 Å². The first-order chi connectivity index (χ1) is 13.9. The zero-order chi connectivity index (χ0) is 22.3. The fraction of sp³-hybridized carbons (Fsp3) is 0.350. The second-order valence-corrected chi connectivity index (χ2v) is 8.49. The smallest absolute Gasteiger partial charge is 0.302 e. The zero-order valence-corrected chi connectivity index (χ0v) is 17.9. The average molecular weight is 458 g/mol. The van der Waals surface area contributed by atoms with E-state index in [1.807, 2.05) is 0 Å². The number of pyridine rings is 1. The number of aromatic nitrogens is 1. The van der Waals surface area contributed by atoms with Gasteiger partial charge in [-0.1, -0.05) is 23.8 Å². The van der Waals surface area contributed by atoms with Crippen LogP contribution in [0.15, 0.2) is 36.5 Å². The Morgan fingerprint density at radius 3 is 2.60 bits per heavy atom. The van der Waals surface area contributed by atoms with Gasteiger partial charge in [0.15, 0.2) is 0 Å². The number of hydrogen-bond donors (Lipinski definition) is 2. The van der Waals surface area contributed by atoms with E-state index in [0.717, 1.165) is 19.1 Å². The third-order valence-corrected chi connectivity index (χ3v) is 5.50. The van der Waals surface area contributed by atoms with Crippen molar-refractivity contribution in [2.24, 2.45) is 0 Å². The van der Waals surface area contributed by atoms with E-state index in [-0.39, 0.29) is 28.5 Å². The first kappa shape index (κ1) is 22.5. The number of anilines is 1. The Morgan fingerprint density at radius 1 is 1.27 bits per heavy atom. The van der Waals surface area contributed by atoms with Crippen molar-refractivity contribution in [3.8, 4) is 0 Å². The van der Waals surface area contributed by atoms with Crippen LogP contribution in [0.1, 0.15) is 36.8 Å². The molecule has 0 aliphatic carbocycles. The molecule has 2 aromatic rings. The van der Waals surface area contributed by atoms with Gasteiger partial charge in [0.25, 0.3) is 5.91 Å². The molecule has 0 spiro atoms. The van der Waals surface area contributed by atoms with Crippen LogP contribution < -0.4 is 10.6 Å². The largest absolute Gasteiger partial charge is 0.363 e. The number of carbonyl (C=O) groups excluding carboxylic acids is 1. The summed E-state index contributed by atoms with van der Waals surface area (Å²) in [5.41, 5.74) is -4.36. The van der Waals surface area contributed by atoms with Gasteiger partial charge in [0, 0.05) is 17.4 Å². The van der Waals surface area contributed by atoms with Crippen molar-refractivity contribution in [1.29, 1.82) is 0 Å². The molecule has 1 fully saturated rings. The molecule has 3 rings (SSSR count). The third-order valence-electron chi connectivity index (χ3n) is 5.06. The van der Waals surface area contributed by atoms with Crippen molar-refractivity contribution in [3.63, 3.8) is 0 Å². The van der Waals surface area contributed by atoms with Crippen LogP contribution in [0.2, 0.25) is 5.02 Å². The van der Waals surface area contributed by atoms with Gasteiger partial charge in [-0.05, 0) is 51.1 Å². The predicted octanol–water partition coefficient (Wildman–Crippen LogP) is 4.70. The number of rotatable bonds is 3. The molecule has 0 saturated carbocycles. The van der Waals surface area contributed by atoms with Crippen molar-refractivity contribution in [2.75, 3.05) is 11.9 Å². The fourth-order valence-corrected chi connectivity index (χ4v) is 3.63. The van der Waals surface area contributed by atoms with Crippen LogP contribution in [-0.4, -0.2) is 34.0 Å². The third kappa shape index (κ3) is 3.89. The maximum Gasteiger partial charge on any atom is 0.302 e. The summed E-state index contributed by atoms with van der Waals surface area (Å²) in [6.07, 6.45) is 1.30.